The first-order valence-electron chi connectivity index (χ1n) is 10.4. The molecule has 2 amide bonds. The van der Waals surface area contributed by atoms with Crippen LogP contribution in [0.3, 0.4) is 0 Å². The molecule has 9 nitrogen and oxygen atoms in total. The van der Waals surface area contributed by atoms with Crippen LogP contribution in [0.5, 0.6) is 0 Å². The molecule has 3 aromatic rings. The van der Waals surface area contributed by atoms with Crippen molar-refractivity contribution in [3.05, 3.63) is 53.8 Å². The number of nitrogens with one attached hydrogen (secondary N) is 1. The third kappa shape index (κ3) is 5.48. The minimum Gasteiger partial charge on any atom is -0.442 e. The van der Waals surface area contributed by atoms with Gasteiger partial charge in [0.25, 0.3) is 0 Å². The van der Waals surface area contributed by atoms with Crippen LogP contribution in [0.1, 0.15) is 19.4 Å². The Kier molecular flexibility index (Phi) is 6.87. The topological polar surface area (TPSA) is 102 Å². The number of anilines is 1. The fourth-order valence-corrected chi connectivity index (χ4v) is 3.94. The summed E-state index contributed by atoms with van der Waals surface area (Å²) < 4.78 is 20.2. The fourth-order valence-electron chi connectivity index (χ4n) is 3.44. The number of carbonyl (C=O) groups is 2. The number of ether oxygens (including phenoxy) is 1. The Labute approximate surface area is 194 Å². The Morgan fingerprint density at radius 1 is 1.27 bits per heavy atom. The molecule has 2 aromatic carbocycles. The van der Waals surface area contributed by atoms with E-state index in [1.54, 1.807) is 12.1 Å². The summed E-state index contributed by atoms with van der Waals surface area (Å²) >= 11 is 1.53. The number of tetrazole rings is 1. The smallest absolute Gasteiger partial charge is 0.414 e. The highest BCUT2D eigenvalue weighted by Gasteiger charge is 2.32. The van der Waals surface area contributed by atoms with Crippen LogP contribution in [0.25, 0.3) is 11.1 Å². The number of hydrogen-bond donors (Lipinski definition) is 1. The first-order valence-corrected chi connectivity index (χ1v) is 11.4. The van der Waals surface area contributed by atoms with Gasteiger partial charge in [-0.05, 0) is 40.3 Å². The molecule has 1 unspecified atom stereocenters. The van der Waals surface area contributed by atoms with Gasteiger partial charge in [0.05, 0.1) is 25.3 Å². The van der Waals surface area contributed by atoms with Gasteiger partial charge in [-0.3, -0.25) is 9.69 Å². The average Bonchev–Trinajstić information content (AvgIpc) is 3.39. The Hall–Kier alpha value is -3.47. The largest absolute Gasteiger partial charge is 0.442 e. The number of halogens is 1. The first kappa shape index (κ1) is 22.7. The number of amides is 2. The zero-order valence-electron chi connectivity index (χ0n) is 18.2. The average molecular weight is 471 g/mol. The normalized spacial score (nSPS) is 15.5. The third-order valence-electron chi connectivity index (χ3n) is 5.01. The number of carbonyl (C=O) groups excluding carboxylic acids is 2. The number of rotatable bonds is 8. The summed E-state index contributed by atoms with van der Waals surface area (Å²) in [5.74, 6) is 0.225. The molecule has 0 aliphatic carbocycles. The van der Waals surface area contributed by atoms with E-state index in [0.717, 1.165) is 11.3 Å². The zero-order chi connectivity index (χ0) is 23.4. The number of nitrogens with zero attached hydrogens (tertiary/aromatic N) is 5. The standard InChI is InChI=1S/C22H23FN6O3S/c1-3-33-21-25-27-29(26-21)12-15-4-6-16(7-5-15)19-9-8-17(10-20(19)23)28-13-18(32-22(28)31)11-24-14(2)30/h4-10,18H,3,11-13H2,1-2H3,(H,24,30). The molecule has 0 spiro atoms. The molecule has 11 heteroatoms. The minimum absolute atomic E-state index is 0.205. The van der Waals surface area contributed by atoms with E-state index in [2.05, 4.69) is 20.7 Å². The van der Waals surface area contributed by atoms with Crippen LogP contribution in [0, 0.1) is 5.82 Å². The van der Waals surface area contributed by atoms with E-state index in [0.29, 0.717) is 28.5 Å². The Balaban J connectivity index is 1.43. The molecule has 1 fully saturated rings. The summed E-state index contributed by atoms with van der Waals surface area (Å²) in [4.78, 5) is 26.1. The van der Waals surface area contributed by atoms with Gasteiger partial charge in [0, 0.05) is 12.5 Å². The lowest BCUT2D eigenvalue weighted by atomic mass is 10.0. The SMILES string of the molecule is CCSc1nnn(Cc2ccc(-c3ccc(N4CC(CNC(C)=O)OC4=O)cc3F)cc2)n1. The van der Waals surface area contributed by atoms with Crippen molar-refractivity contribution in [2.24, 2.45) is 0 Å². The van der Waals surface area contributed by atoms with E-state index < -0.39 is 18.0 Å². The van der Waals surface area contributed by atoms with E-state index in [4.69, 9.17) is 4.74 Å². The highest BCUT2D eigenvalue weighted by atomic mass is 32.2. The van der Waals surface area contributed by atoms with Crippen LogP contribution in [0.4, 0.5) is 14.9 Å². The van der Waals surface area contributed by atoms with Crippen molar-refractivity contribution in [3.63, 3.8) is 0 Å². The maximum atomic E-state index is 14.9. The zero-order valence-corrected chi connectivity index (χ0v) is 19.0. The molecular formula is C22H23FN6O3S. The fraction of sp³-hybridized carbons (Fsp3) is 0.318. The van der Waals surface area contributed by atoms with Crippen LogP contribution >= 0.6 is 11.8 Å². The van der Waals surface area contributed by atoms with E-state index >= 15 is 0 Å². The molecule has 0 saturated carbocycles. The molecule has 1 saturated heterocycles. The van der Waals surface area contributed by atoms with E-state index in [1.807, 2.05) is 31.2 Å². The van der Waals surface area contributed by atoms with Gasteiger partial charge in [0.15, 0.2) is 0 Å². The number of cyclic esters (lactones) is 1. The molecule has 1 N–H and O–H groups in total. The maximum absolute atomic E-state index is 14.9. The van der Waals surface area contributed by atoms with Gasteiger partial charge < -0.3 is 10.1 Å². The van der Waals surface area contributed by atoms with Gasteiger partial charge in [-0.15, -0.1) is 10.2 Å². The first-order chi connectivity index (χ1) is 15.9. The van der Waals surface area contributed by atoms with Gasteiger partial charge in [0.2, 0.25) is 11.1 Å². The molecule has 1 atom stereocenters. The van der Waals surface area contributed by atoms with Crippen molar-refractivity contribution in [3.8, 4) is 11.1 Å². The summed E-state index contributed by atoms with van der Waals surface area (Å²) in [5, 5.41) is 15.6. The number of benzene rings is 2. The lowest BCUT2D eigenvalue weighted by molar-refractivity contribution is -0.119. The molecule has 4 rings (SSSR count). The van der Waals surface area contributed by atoms with Crippen molar-refractivity contribution in [1.29, 1.82) is 0 Å². The van der Waals surface area contributed by atoms with Crippen LogP contribution in [-0.4, -0.2) is 57.2 Å². The molecule has 0 radical (unpaired) electrons. The van der Waals surface area contributed by atoms with Gasteiger partial charge in [0.1, 0.15) is 11.9 Å². The van der Waals surface area contributed by atoms with Crippen molar-refractivity contribution in [1.82, 2.24) is 25.5 Å². The second kappa shape index (κ2) is 9.99. The molecule has 1 aliphatic heterocycles. The van der Waals surface area contributed by atoms with Gasteiger partial charge in [-0.25, -0.2) is 9.18 Å². The molecule has 33 heavy (non-hydrogen) atoms. The van der Waals surface area contributed by atoms with Crippen LogP contribution < -0.4 is 10.2 Å². The van der Waals surface area contributed by atoms with Crippen molar-refractivity contribution in [2.45, 2.75) is 31.7 Å². The Morgan fingerprint density at radius 2 is 2.06 bits per heavy atom. The number of aromatic nitrogens is 4. The summed E-state index contributed by atoms with van der Waals surface area (Å²) in [7, 11) is 0. The summed E-state index contributed by atoms with van der Waals surface area (Å²) in [6.07, 6.45) is -1.04. The quantitative estimate of drug-likeness (QED) is 0.505. The van der Waals surface area contributed by atoms with Gasteiger partial charge in [-0.1, -0.05) is 43.0 Å². The number of thioether (sulfide) groups is 1. The van der Waals surface area contributed by atoms with Crippen LogP contribution in [-0.2, 0) is 16.1 Å². The second-order valence-corrected chi connectivity index (χ2v) is 8.68. The Bertz CT molecular complexity index is 1150. The van der Waals surface area contributed by atoms with Crippen molar-refractivity contribution < 1.29 is 18.7 Å². The molecule has 1 aliphatic rings. The highest BCUT2D eigenvalue weighted by Crippen LogP contribution is 2.29. The van der Waals surface area contributed by atoms with Crippen molar-refractivity contribution >= 4 is 29.4 Å². The van der Waals surface area contributed by atoms with E-state index in [-0.39, 0.29) is 19.0 Å². The third-order valence-corrected chi connectivity index (χ3v) is 5.72. The summed E-state index contributed by atoms with van der Waals surface area (Å²) in [6, 6.07) is 12.1. The Morgan fingerprint density at radius 3 is 2.76 bits per heavy atom. The van der Waals surface area contributed by atoms with Crippen LogP contribution in [0.2, 0.25) is 0 Å². The maximum Gasteiger partial charge on any atom is 0.414 e. The molecule has 172 valence electrons. The highest BCUT2D eigenvalue weighted by molar-refractivity contribution is 7.99. The van der Waals surface area contributed by atoms with E-state index in [1.165, 1.54) is 34.4 Å². The lowest BCUT2D eigenvalue weighted by Crippen LogP contribution is -2.33. The molecule has 1 aromatic heterocycles. The number of hydrogen-bond acceptors (Lipinski definition) is 7. The van der Waals surface area contributed by atoms with Gasteiger partial charge >= 0.3 is 6.09 Å². The summed E-state index contributed by atoms with van der Waals surface area (Å²) in [6.45, 7) is 4.34. The van der Waals surface area contributed by atoms with E-state index in [9.17, 15) is 14.0 Å². The monoisotopic (exact) mass is 470 g/mol. The van der Waals surface area contributed by atoms with Gasteiger partial charge in [-0.2, -0.15) is 4.80 Å². The van der Waals surface area contributed by atoms with Crippen molar-refractivity contribution in [2.75, 3.05) is 23.7 Å². The molecule has 2 heterocycles. The lowest BCUT2D eigenvalue weighted by Gasteiger charge is -2.14. The predicted octanol–water partition coefficient (Wildman–Crippen LogP) is 3.10. The minimum atomic E-state index is -0.566. The predicted molar refractivity (Wildman–Crippen MR) is 121 cm³/mol. The molecule has 0 bridgehead atoms. The molecular weight excluding hydrogens is 447 g/mol. The second-order valence-electron chi connectivity index (χ2n) is 7.45. The summed E-state index contributed by atoms with van der Waals surface area (Å²) in [5.41, 5.74) is 2.50. The van der Waals surface area contributed by atoms with Crippen LogP contribution in [0.15, 0.2) is 47.6 Å².